The summed E-state index contributed by atoms with van der Waals surface area (Å²) < 4.78 is 37.7. The molecule has 0 bridgehead atoms. The molecular weight excluding hydrogens is 491 g/mol. The van der Waals surface area contributed by atoms with Gasteiger partial charge in [0.1, 0.15) is 19.0 Å². The quantitative estimate of drug-likeness (QED) is 0.287. The first kappa shape index (κ1) is 25.3. The Morgan fingerprint density at radius 3 is 2.55 bits per heavy atom. The summed E-state index contributed by atoms with van der Waals surface area (Å²) in [5.41, 5.74) is 2.95. The van der Waals surface area contributed by atoms with Crippen molar-refractivity contribution in [3.8, 4) is 0 Å². The number of aliphatic imine (C=N–C) groups is 1. The van der Waals surface area contributed by atoms with E-state index in [0.29, 0.717) is 23.6 Å². The Labute approximate surface area is 219 Å². The fourth-order valence-electron chi connectivity index (χ4n) is 4.47. The molecule has 1 unspecified atom stereocenters. The molecule has 5 rings (SSSR count). The molecule has 0 N–H and O–H groups in total. The molecule has 8 nitrogen and oxygen atoms in total. The zero-order valence-electron chi connectivity index (χ0n) is 21.0. The number of esters is 1. The predicted octanol–water partition coefficient (Wildman–Crippen LogP) is 3.62. The highest BCUT2D eigenvalue weighted by Crippen LogP contribution is 2.32. The van der Waals surface area contributed by atoms with Crippen molar-refractivity contribution in [2.45, 2.75) is 26.1 Å². The molecule has 0 aromatic heterocycles. The molecule has 0 spiro atoms. The molecule has 2 aromatic carbocycles. The first-order valence-corrected chi connectivity index (χ1v) is 12.2. The van der Waals surface area contributed by atoms with E-state index in [-0.39, 0.29) is 37.0 Å². The molecule has 1 atom stereocenters. The van der Waals surface area contributed by atoms with Crippen LogP contribution in [-0.4, -0.2) is 54.3 Å². The second-order valence-corrected chi connectivity index (χ2v) is 8.77. The van der Waals surface area contributed by atoms with E-state index < -0.39 is 18.0 Å². The van der Waals surface area contributed by atoms with Crippen molar-refractivity contribution in [1.82, 2.24) is 0 Å². The maximum Gasteiger partial charge on any atom is 0.436 e. The number of allylic oxidation sites excluding steroid dienone is 1. The maximum atomic E-state index is 13.8. The van der Waals surface area contributed by atoms with Gasteiger partial charge in [-0.1, -0.05) is 42.5 Å². The van der Waals surface area contributed by atoms with Crippen molar-refractivity contribution in [3.05, 3.63) is 107 Å². The normalized spacial score (nSPS) is 18.2. The minimum Gasteiger partial charge on any atom is -0.485 e. The Kier molecular flexibility index (Phi) is 7.28. The third-order valence-electron chi connectivity index (χ3n) is 6.18. The van der Waals surface area contributed by atoms with Gasteiger partial charge in [-0.05, 0) is 36.6 Å². The third kappa shape index (κ3) is 4.92. The van der Waals surface area contributed by atoms with Crippen molar-refractivity contribution >= 4 is 23.3 Å². The van der Waals surface area contributed by atoms with Crippen LogP contribution >= 0.6 is 0 Å². The Hall–Kier alpha value is -4.37. The van der Waals surface area contributed by atoms with Gasteiger partial charge in [-0.2, -0.15) is 0 Å². The van der Waals surface area contributed by atoms with Crippen molar-refractivity contribution in [3.63, 3.8) is 0 Å². The number of hydrogen-bond acceptors (Lipinski definition) is 7. The lowest BCUT2D eigenvalue weighted by Crippen LogP contribution is -2.51. The second kappa shape index (κ2) is 10.9. The van der Waals surface area contributed by atoms with Crippen LogP contribution < -0.4 is 0 Å². The van der Waals surface area contributed by atoms with Crippen LogP contribution in [0.25, 0.3) is 0 Å². The number of carbonyl (C=O) groups is 2. The molecule has 2 aromatic rings. The summed E-state index contributed by atoms with van der Waals surface area (Å²) in [6, 6.07) is 15.5. The molecule has 38 heavy (non-hydrogen) atoms. The van der Waals surface area contributed by atoms with Crippen LogP contribution in [0.1, 0.15) is 18.1 Å². The maximum absolute atomic E-state index is 13.8. The van der Waals surface area contributed by atoms with Crippen LogP contribution in [0.2, 0.25) is 0 Å². The van der Waals surface area contributed by atoms with E-state index in [9.17, 15) is 14.0 Å². The van der Waals surface area contributed by atoms with Crippen LogP contribution in [0.3, 0.4) is 0 Å². The molecule has 1 amide bonds. The molecule has 0 aliphatic carbocycles. The fourth-order valence-corrected chi connectivity index (χ4v) is 4.47. The first-order valence-electron chi connectivity index (χ1n) is 12.2. The van der Waals surface area contributed by atoms with Gasteiger partial charge in [-0.3, -0.25) is 0 Å². The highest BCUT2D eigenvalue weighted by molar-refractivity contribution is 6.52. The fraction of sp³-hybridized carbons (Fsp3) is 0.241. The van der Waals surface area contributed by atoms with Crippen LogP contribution in [0.4, 0.5) is 4.39 Å². The number of hydrogen-bond donors (Lipinski definition) is 0. The predicted molar refractivity (Wildman–Crippen MR) is 136 cm³/mol. The molecule has 0 saturated carbocycles. The van der Waals surface area contributed by atoms with Gasteiger partial charge in [0, 0.05) is 18.9 Å². The molecule has 0 saturated heterocycles. The molecule has 9 heteroatoms. The number of amides is 1. The van der Waals surface area contributed by atoms with Crippen molar-refractivity contribution in [1.29, 1.82) is 0 Å². The van der Waals surface area contributed by atoms with Gasteiger partial charge in [0.05, 0.1) is 6.61 Å². The van der Waals surface area contributed by atoms with Crippen LogP contribution in [0.15, 0.2) is 94.7 Å². The Balaban J connectivity index is 1.61. The van der Waals surface area contributed by atoms with Crippen LogP contribution in [-0.2, 0) is 41.6 Å². The summed E-state index contributed by atoms with van der Waals surface area (Å²) in [5, 5.41) is 0. The Bertz CT molecular complexity index is 1420. The lowest BCUT2D eigenvalue weighted by atomic mass is 9.89. The summed E-state index contributed by atoms with van der Waals surface area (Å²) in [7, 11) is 1.52. The van der Waals surface area contributed by atoms with E-state index in [1.54, 1.807) is 25.3 Å². The number of benzene rings is 2. The summed E-state index contributed by atoms with van der Waals surface area (Å²) >= 11 is 0. The van der Waals surface area contributed by atoms with Gasteiger partial charge in [0.25, 0.3) is 5.71 Å². The average Bonchev–Trinajstić information content (AvgIpc) is 2.92. The van der Waals surface area contributed by atoms with Gasteiger partial charge in [0.15, 0.2) is 17.2 Å². The van der Waals surface area contributed by atoms with Gasteiger partial charge >= 0.3 is 11.9 Å². The SMILES string of the molecule is CCOC(=O)C1=C(OCc2ccccc2)C2=NC=C(Cc3ccc(F)cc3)C3OC(COC)=C[N+](=C23)C1=O. The largest absolute Gasteiger partial charge is 0.485 e. The summed E-state index contributed by atoms with van der Waals surface area (Å²) in [4.78, 5) is 31.4. The van der Waals surface area contributed by atoms with Gasteiger partial charge in [-0.25, -0.2) is 19.0 Å². The highest BCUT2D eigenvalue weighted by Gasteiger charge is 2.52. The van der Waals surface area contributed by atoms with Gasteiger partial charge in [0.2, 0.25) is 17.9 Å². The molecule has 3 aliphatic heterocycles. The molecule has 3 heterocycles. The van der Waals surface area contributed by atoms with Crippen LogP contribution in [0, 0.1) is 5.82 Å². The topological polar surface area (TPSA) is 86.4 Å². The van der Waals surface area contributed by atoms with E-state index in [1.165, 1.54) is 30.0 Å². The number of carbonyl (C=O) groups excluding carboxylic acids is 2. The van der Waals surface area contributed by atoms with Gasteiger partial charge in [-0.15, -0.1) is 4.58 Å². The minimum absolute atomic E-state index is 0.0397. The monoisotopic (exact) mass is 517 g/mol. The molecule has 194 valence electrons. The van der Waals surface area contributed by atoms with Crippen molar-refractivity contribution in [2.75, 3.05) is 20.3 Å². The van der Waals surface area contributed by atoms with E-state index in [4.69, 9.17) is 18.9 Å². The van der Waals surface area contributed by atoms with E-state index in [1.807, 2.05) is 30.3 Å². The van der Waals surface area contributed by atoms with Crippen molar-refractivity contribution < 1.29 is 37.5 Å². The minimum atomic E-state index is -0.798. The summed E-state index contributed by atoms with van der Waals surface area (Å²) in [5.74, 6) is -1.30. The number of nitrogens with zero attached hydrogens (tertiary/aromatic N) is 2. The zero-order chi connectivity index (χ0) is 26.6. The summed E-state index contributed by atoms with van der Waals surface area (Å²) in [6.07, 6.45) is 2.85. The number of rotatable bonds is 9. The Morgan fingerprint density at radius 2 is 1.84 bits per heavy atom. The molecular formula is C29H26FN2O6+. The second-order valence-electron chi connectivity index (χ2n) is 8.77. The van der Waals surface area contributed by atoms with E-state index in [2.05, 4.69) is 4.99 Å². The van der Waals surface area contributed by atoms with Crippen LogP contribution in [0.5, 0.6) is 0 Å². The number of halogens is 1. The lowest BCUT2D eigenvalue weighted by Gasteiger charge is -2.31. The smallest absolute Gasteiger partial charge is 0.436 e. The lowest BCUT2D eigenvalue weighted by molar-refractivity contribution is -0.386. The molecule has 0 radical (unpaired) electrons. The number of methoxy groups -OCH3 is 1. The zero-order valence-corrected chi connectivity index (χ0v) is 21.0. The molecule has 3 aliphatic rings. The third-order valence-corrected chi connectivity index (χ3v) is 6.18. The highest BCUT2D eigenvalue weighted by atomic mass is 19.1. The first-order chi connectivity index (χ1) is 18.5. The number of ether oxygens (including phenoxy) is 4. The Morgan fingerprint density at radius 1 is 1.08 bits per heavy atom. The summed E-state index contributed by atoms with van der Waals surface area (Å²) in [6.45, 7) is 1.97. The molecule has 0 fully saturated rings. The average molecular weight is 518 g/mol. The van der Waals surface area contributed by atoms with Gasteiger partial charge < -0.3 is 18.9 Å². The van der Waals surface area contributed by atoms with Crippen molar-refractivity contribution in [2.24, 2.45) is 4.99 Å². The standard InChI is InChI=1S/C29H26FN2O6/c1-3-36-29(34)23-27(37-16-19-7-5-4-6-8-19)24-25-26(38-22(17-35-2)15-32(25)28(23)33)20(14-31-24)13-18-9-11-21(30)12-10-18/h4-12,14-15,26H,3,13,16-17H2,1-2H3/q+1. The van der Waals surface area contributed by atoms with E-state index >= 15 is 0 Å². The van der Waals surface area contributed by atoms with E-state index in [0.717, 1.165) is 16.7 Å².